The van der Waals surface area contributed by atoms with Crippen molar-refractivity contribution in [3.8, 4) is 0 Å². The second-order valence-corrected chi connectivity index (χ2v) is 4.41. The topological polar surface area (TPSA) is 49.4 Å². The number of carbonyl (C=O) groups excluding carboxylic acids is 2. The van der Waals surface area contributed by atoms with Crippen LogP contribution in [-0.4, -0.2) is 29.3 Å². The molecule has 0 saturated heterocycles. The van der Waals surface area contributed by atoms with Crippen molar-refractivity contribution in [3.63, 3.8) is 0 Å². The third kappa shape index (κ3) is 3.06. The largest absolute Gasteiger partial charge is 0.331 e. The average Bonchev–Trinajstić information content (AvgIpc) is 3.13. The summed E-state index contributed by atoms with van der Waals surface area (Å²) in [5.41, 5.74) is 0.141. The molecule has 0 radical (unpaired) electrons. The lowest BCUT2D eigenvalue weighted by Crippen LogP contribution is -2.38. The maximum Gasteiger partial charge on any atom is 0.244 e. The SMILES string of the molecule is CC(=O)N(CC(=O)Nc1ccccc1F)C1CC1. The van der Waals surface area contributed by atoms with Crippen LogP contribution in [-0.2, 0) is 9.59 Å². The summed E-state index contributed by atoms with van der Waals surface area (Å²) < 4.78 is 13.3. The van der Waals surface area contributed by atoms with E-state index in [2.05, 4.69) is 5.32 Å². The van der Waals surface area contributed by atoms with E-state index >= 15 is 0 Å². The van der Waals surface area contributed by atoms with Gasteiger partial charge in [0.25, 0.3) is 0 Å². The van der Waals surface area contributed by atoms with Crippen molar-refractivity contribution in [2.75, 3.05) is 11.9 Å². The molecule has 1 aliphatic rings. The Balaban J connectivity index is 1.96. The molecule has 1 N–H and O–H groups in total. The minimum atomic E-state index is -0.480. The molecular weight excluding hydrogens is 235 g/mol. The Morgan fingerprint density at radius 2 is 2.06 bits per heavy atom. The monoisotopic (exact) mass is 250 g/mol. The van der Waals surface area contributed by atoms with E-state index in [-0.39, 0.29) is 30.1 Å². The number of hydrogen-bond acceptors (Lipinski definition) is 2. The van der Waals surface area contributed by atoms with Crippen molar-refractivity contribution in [2.24, 2.45) is 0 Å². The van der Waals surface area contributed by atoms with Crippen LogP contribution in [0.15, 0.2) is 24.3 Å². The van der Waals surface area contributed by atoms with Gasteiger partial charge < -0.3 is 10.2 Å². The lowest BCUT2D eigenvalue weighted by Gasteiger charge is -2.19. The molecule has 18 heavy (non-hydrogen) atoms. The number of amides is 2. The van der Waals surface area contributed by atoms with Crippen LogP contribution >= 0.6 is 0 Å². The van der Waals surface area contributed by atoms with Gasteiger partial charge in [0.2, 0.25) is 11.8 Å². The number of halogens is 1. The van der Waals surface area contributed by atoms with Crippen molar-refractivity contribution in [1.82, 2.24) is 4.90 Å². The van der Waals surface area contributed by atoms with Crippen molar-refractivity contribution in [3.05, 3.63) is 30.1 Å². The standard InChI is InChI=1S/C13H15FN2O2/c1-9(17)16(10-6-7-10)8-13(18)15-12-5-3-2-4-11(12)14/h2-5,10H,6-8H2,1H3,(H,15,18). The Kier molecular flexibility index (Phi) is 3.60. The van der Waals surface area contributed by atoms with Gasteiger partial charge in [-0.15, -0.1) is 0 Å². The van der Waals surface area contributed by atoms with Crippen LogP contribution in [0.5, 0.6) is 0 Å². The number of nitrogens with zero attached hydrogens (tertiary/aromatic N) is 1. The highest BCUT2D eigenvalue weighted by Crippen LogP contribution is 2.26. The van der Waals surface area contributed by atoms with E-state index < -0.39 is 5.82 Å². The highest BCUT2D eigenvalue weighted by Gasteiger charge is 2.32. The van der Waals surface area contributed by atoms with Crippen LogP contribution in [0.2, 0.25) is 0 Å². The number of hydrogen-bond donors (Lipinski definition) is 1. The van der Waals surface area contributed by atoms with E-state index in [9.17, 15) is 14.0 Å². The molecule has 2 amide bonds. The fourth-order valence-electron chi connectivity index (χ4n) is 1.79. The third-order valence-corrected chi connectivity index (χ3v) is 2.85. The van der Waals surface area contributed by atoms with Gasteiger partial charge >= 0.3 is 0 Å². The fraction of sp³-hybridized carbons (Fsp3) is 0.385. The minimum Gasteiger partial charge on any atom is -0.331 e. The van der Waals surface area contributed by atoms with Gasteiger partial charge in [0.05, 0.1) is 5.69 Å². The number of para-hydroxylation sites is 1. The molecule has 0 aromatic heterocycles. The molecule has 1 aromatic carbocycles. The van der Waals surface area contributed by atoms with E-state index in [0.29, 0.717) is 0 Å². The first-order valence-corrected chi connectivity index (χ1v) is 5.89. The first kappa shape index (κ1) is 12.5. The van der Waals surface area contributed by atoms with Crippen molar-refractivity contribution >= 4 is 17.5 Å². The Bertz CT molecular complexity index is 472. The van der Waals surface area contributed by atoms with Gasteiger partial charge in [-0.2, -0.15) is 0 Å². The van der Waals surface area contributed by atoms with Gasteiger partial charge in [-0.25, -0.2) is 4.39 Å². The molecule has 0 bridgehead atoms. The van der Waals surface area contributed by atoms with Crippen LogP contribution in [0.4, 0.5) is 10.1 Å². The van der Waals surface area contributed by atoms with Gasteiger partial charge in [0, 0.05) is 13.0 Å². The molecule has 0 unspecified atom stereocenters. The highest BCUT2D eigenvalue weighted by molar-refractivity contribution is 5.94. The number of carbonyl (C=O) groups is 2. The zero-order chi connectivity index (χ0) is 13.1. The molecule has 0 atom stereocenters. The number of anilines is 1. The van der Waals surface area contributed by atoms with Gasteiger partial charge in [-0.05, 0) is 25.0 Å². The van der Waals surface area contributed by atoms with Gasteiger partial charge in [-0.1, -0.05) is 12.1 Å². The van der Waals surface area contributed by atoms with Crippen LogP contribution in [0.1, 0.15) is 19.8 Å². The summed E-state index contributed by atoms with van der Waals surface area (Å²) >= 11 is 0. The Labute approximate surface area is 105 Å². The number of benzene rings is 1. The van der Waals surface area contributed by atoms with Crippen LogP contribution < -0.4 is 5.32 Å². The molecule has 5 heteroatoms. The molecular formula is C13H15FN2O2. The van der Waals surface area contributed by atoms with Crippen LogP contribution in [0, 0.1) is 5.82 Å². The maximum absolute atomic E-state index is 13.3. The van der Waals surface area contributed by atoms with Gasteiger partial charge in [0.1, 0.15) is 12.4 Å². The lowest BCUT2D eigenvalue weighted by atomic mass is 10.3. The molecule has 1 saturated carbocycles. The highest BCUT2D eigenvalue weighted by atomic mass is 19.1. The van der Waals surface area contributed by atoms with Crippen LogP contribution in [0.3, 0.4) is 0 Å². The normalized spacial score (nSPS) is 14.1. The second kappa shape index (κ2) is 5.16. The third-order valence-electron chi connectivity index (χ3n) is 2.85. The smallest absolute Gasteiger partial charge is 0.244 e. The molecule has 0 aliphatic heterocycles. The van der Waals surface area contributed by atoms with Crippen molar-refractivity contribution in [1.29, 1.82) is 0 Å². The fourth-order valence-corrected chi connectivity index (χ4v) is 1.79. The van der Waals surface area contributed by atoms with Crippen LogP contribution in [0.25, 0.3) is 0 Å². The summed E-state index contributed by atoms with van der Waals surface area (Å²) in [6.07, 6.45) is 1.87. The van der Waals surface area contributed by atoms with Crippen molar-refractivity contribution in [2.45, 2.75) is 25.8 Å². The summed E-state index contributed by atoms with van der Waals surface area (Å²) in [5.74, 6) is -0.977. The number of rotatable bonds is 4. The zero-order valence-electron chi connectivity index (χ0n) is 10.1. The van der Waals surface area contributed by atoms with E-state index in [1.54, 1.807) is 12.1 Å². The summed E-state index contributed by atoms with van der Waals surface area (Å²) in [6, 6.07) is 6.13. The quantitative estimate of drug-likeness (QED) is 0.885. The number of nitrogens with one attached hydrogen (secondary N) is 1. The summed E-state index contributed by atoms with van der Waals surface area (Å²) in [7, 11) is 0. The average molecular weight is 250 g/mol. The van der Waals surface area contributed by atoms with Gasteiger partial charge in [0.15, 0.2) is 0 Å². The Morgan fingerprint density at radius 3 is 2.61 bits per heavy atom. The molecule has 0 heterocycles. The minimum absolute atomic E-state index is 0.0195. The first-order valence-electron chi connectivity index (χ1n) is 5.89. The zero-order valence-corrected chi connectivity index (χ0v) is 10.1. The molecule has 1 aliphatic carbocycles. The summed E-state index contributed by atoms with van der Waals surface area (Å²) in [5, 5.41) is 2.47. The van der Waals surface area contributed by atoms with E-state index in [1.165, 1.54) is 24.0 Å². The lowest BCUT2D eigenvalue weighted by molar-refractivity contribution is -0.133. The molecule has 96 valence electrons. The Hall–Kier alpha value is -1.91. The van der Waals surface area contributed by atoms with E-state index in [1.807, 2.05) is 0 Å². The summed E-state index contributed by atoms with van der Waals surface area (Å²) in [4.78, 5) is 24.6. The Morgan fingerprint density at radius 1 is 1.39 bits per heavy atom. The summed E-state index contributed by atoms with van der Waals surface area (Å²) in [6.45, 7) is 1.42. The predicted molar refractivity (Wildman–Crippen MR) is 65.4 cm³/mol. The molecule has 0 spiro atoms. The predicted octanol–water partition coefficient (Wildman–Crippen LogP) is 1.78. The first-order chi connectivity index (χ1) is 8.58. The van der Waals surface area contributed by atoms with Crippen molar-refractivity contribution < 1.29 is 14.0 Å². The van der Waals surface area contributed by atoms with E-state index in [4.69, 9.17) is 0 Å². The molecule has 2 rings (SSSR count). The van der Waals surface area contributed by atoms with Gasteiger partial charge in [-0.3, -0.25) is 9.59 Å². The molecule has 1 aromatic rings. The molecule has 4 nitrogen and oxygen atoms in total. The second-order valence-electron chi connectivity index (χ2n) is 4.41. The van der Waals surface area contributed by atoms with E-state index in [0.717, 1.165) is 12.8 Å². The maximum atomic E-state index is 13.3. The molecule has 1 fully saturated rings.